The zero-order valence-corrected chi connectivity index (χ0v) is 18.7. The molecule has 31 heavy (non-hydrogen) atoms. The van der Waals surface area contributed by atoms with Crippen LogP contribution in [0, 0.1) is 22.5 Å². The molecule has 0 unspecified atom stereocenters. The summed E-state index contributed by atoms with van der Waals surface area (Å²) in [6.45, 7) is 3.09. The molecule has 2 aromatic carbocycles. The van der Waals surface area contributed by atoms with Gasteiger partial charge in [-0.3, -0.25) is 10.1 Å². The van der Waals surface area contributed by atoms with Crippen LogP contribution in [0.25, 0.3) is 0 Å². The van der Waals surface area contributed by atoms with Gasteiger partial charge in [0.25, 0.3) is 5.69 Å². The molecule has 0 bridgehead atoms. The Labute approximate surface area is 184 Å². The normalized spacial score (nSPS) is 16.6. The Balaban J connectivity index is 1.87. The summed E-state index contributed by atoms with van der Waals surface area (Å²) >= 11 is 0. The van der Waals surface area contributed by atoms with Crippen molar-refractivity contribution in [3.8, 4) is 0 Å². The van der Waals surface area contributed by atoms with Crippen LogP contribution in [0.1, 0.15) is 66.1 Å². The number of rotatable bonds is 8. The lowest BCUT2D eigenvalue weighted by molar-refractivity contribution is -0.866. The van der Waals surface area contributed by atoms with E-state index >= 15 is 0 Å². The molecule has 0 radical (unpaired) electrons. The topological polar surface area (TPSA) is 73.9 Å². The number of nitrogens with zero attached hydrogens (tertiary/aromatic N) is 1. The predicted octanol–water partition coefficient (Wildman–Crippen LogP) is 4.29. The Morgan fingerprint density at radius 1 is 1.13 bits per heavy atom. The van der Waals surface area contributed by atoms with E-state index in [-0.39, 0.29) is 17.2 Å². The molecule has 1 N–H and O–H groups in total. The highest BCUT2D eigenvalue weighted by Crippen LogP contribution is 2.43. The van der Waals surface area contributed by atoms with E-state index in [1.165, 1.54) is 48.4 Å². The molecule has 1 saturated carbocycles. The minimum atomic E-state index is -0.471. The van der Waals surface area contributed by atoms with Crippen molar-refractivity contribution >= 4 is 11.7 Å². The van der Waals surface area contributed by atoms with Crippen molar-refractivity contribution in [3.63, 3.8) is 0 Å². The number of nitrogens with one attached hydrogen (secondary N) is 1. The molecule has 2 aromatic rings. The lowest BCUT2D eigenvalue weighted by Crippen LogP contribution is -3.07. The molecule has 0 aromatic heterocycles. The molecular weight excluding hydrogens is 392 g/mol. The van der Waals surface area contributed by atoms with Crippen molar-refractivity contribution in [1.82, 2.24) is 0 Å². The summed E-state index contributed by atoms with van der Waals surface area (Å²) in [4.78, 5) is 24.8. The fourth-order valence-corrected chi connectivity index (χ4v) is 4.91. The van der Waals surface area contributed by atoms with E-state index in [0.717, 1.165) is 36.9 Å². The molecule has 1 atom stereocenters. The number of ether oxygens (including phenoxy) is 1. The van der Waals surface area contributed by atoms with Gasteiger partial charge in [-0.1, -0.05) is 49.1 Å². The second kappa shape index (κ2) is 10.1. The molecule has 3 rings (SSSR count). The van der Waals surface area contributed by atoms with E-state index in [1.54, 1.807) is 0 Å². The molecule has 0 aliphatic heterocycles. The Kier molecular flexibility index (Phi) is 7.44. The highest BCUT2D eigenvalue weighted by atomic mass is 16.6. The monoisotopic (exact) mass is 425 g/mol. The maximum atomic E-state index is 13.0. The number of quaternary nitrogens is 1. The van der Waals surface area contributed by atoms with Crippen LogP contribution in [0.5, 0.6) is 0 Å². The van der Waals surface area contributed by atoms with E-state index in [9.17, 15) is 14.9 Å². The molecule has 0 saturated heterocycles. The standard InChI is InChI=1S/C25H32N2O4/c1-19-8-7-9-21(16-19)23(17-25(18-26(2)3)14-5-4-6-15-25)31-24(28)20-10-12-22(13-11-20)27(29)30/h7-13,16,23H,4-6,14-15,17-18H2,1-3H3/p+1/t23-/m0/s1. The third-order valence-electron chi connectivity index (χ3n) is 6.24. The summed E-state index contributed by atoms with van der Waals surface area (Å²) in [7, 11) is 4.36. The number of aryl methyl sites for hydroxylation is 1. The van der Waals surface area contributed by atoms with Gasteiger partial charge in [0, 0.05) is 17.5 Å². The van der Waals surface area contributed by atoms with Gasteiger partial charge in [0.05, 0.1) is 31.1 Å². The number of benzene rings is 2. The largest absolute Gasteiger partial charge is 0.454 e. The minimum Gasteiger partial charge on any atom is -0.454 e. The van der Waals surface area contributed by atoms with Gasteiger partial charge in [0.1, 0.15) is 6.10 Å². The zero-order valence-electron chi connectivity index (χ0n) is 18.7. The van der Waals surface area contributed by atoms with Gasteiger partial charge >= 0.3 is 5.97 Å². The number of hydrogen-bond donors (Lipinski definition) is 1. The number of nitro groups is 1. The number of hydrogen-bond acceptors (Lipinski definition) is 4. The Bertz CT molecular complexity index is 902. The Morgan fingerprint density at radius 3 is 2.39 bits per heavy atom. The van der Waals surface area contributed by atoms with E-state index in [0.29, 0.717) is 5.56 Å². The molecule has 166 valence electrons. The fourth-order valence-electron chi connectivity index (χ4n) is 4.91. The average molecular weight is 426 g/mol. The molecule has 1 fully saturated rings. The summed E-state index contributed by atoms with van der Waals surface area (Å²) in [5.41, 5.74) is 2.57. The third kappa shape index (κ3) is 6.14. The molecule has 1 aliphatic rings. The molecular formula is C25H33N2O4+. The summed E-state index contributed by atoms with van der Waals surface area (Å²) in [6.07, 6.45) is 6.43. The lowest BCUT2D eigenvalue weighted by Gasteiger charge is -2.39. The van der Waals surface area contributed by atoms with Crippen LogP contribution < -0.4 is 4.90 Å². The number of non-ortho nitro benzene ring substituents is 1. The van der Waals surface area contributed by atoms with Crippen molar-refractivity contribution < 1.29 is 19.4 Å². The van der Waals surface area contributed by atoms with Crippen LogP contribution in [0.3, 0.4) is 0 Å². The van der Waals surface area contributed by atoms with E-state index in [1.807, 2.05) is 25.1 Å². The van der Waals surface area contributed by atoms with Crippen LogP contribution in [0.15, 0.2) is 48.5 Å². The lowest BCUT2D eigenvalue weighted by atomic mass is 9.69. The van der Waals surface area contributed by atoms with Gasteiger partial charge < -0.3 is 9.64 Å². The quantitative estimate of drug-likeness (QED) is 0.389. The highest BCUT2D eigenvalue weighted by Gasteiger charge is 2.38. The summed E-state index contributed by atoms with van der Waals surface area (Å²) in [6, 6.07) is 13.8. The molecule has 0 spiro atoms. The summed E-state index contributed by atoms with van der Waals surface area (Å²) < 4.78 is 6.07. The van der Waals surface area contributed by atoms with Gasteiger partial charge in [-0.2, -0.15) is 0 Å². The second-order valence-electron chi connectivity index (χ2n) is 9.26. The van der Waals surface area contributed by atoms with Crippen molar-refractivity contribution in [3.05, 3.63) is 75.3 Å². The summed E-state index contributed by atoms with van der Waals surface area (Å²) in [5, 5.41) is 10.9. The maximum absolute atomic E-state index is 13.0. The van der Waals surface area contributed by atoms with Gasteiger partial charge in [-0.05, 0) is 43.9 Å². The Morgan fingerprint density at radius 2 is 1.81 bits per heavy atom. The van der Waals surface area contributed by atoms with Gasteiger partial charge in [-0.25, -0.2) is 4.79 Å². The first-order valence-electron chi connectivity index (χ1n) is 11.1. The number of carbonyl (C=O) groups excluding carboxylic acids is 1. The van der Waals surface area contributed by atoms with Crippen molar-refractivity contribution in [2.75, 3.05) is 20.6 Å². The van der Waals surface area contributed by atoms with Gasteiger partial charge in [0.15, 0.2) is 0 Å². The van der Waals surface area contributed by atoms with E-state index in [4.69, 9.17) is 4.74 Å². The first kappa shape index (κ1) is 22.9. The van der Waals surface area contributed by atoms with Gasteiger partial charge in [0.2, 0.25) is 0 Å². The first-order valence-corrected chi connectivity index (χ1v) is 11.1. The predicted molar refractivity (Wildman–Crippen MR) is 120 cm³/mol. The van der Waals surface area contributed by atoms with Crippen LogP contribution >= 0.6 is 0 Å². The van der Waals surface area contributed by atoms with Crippen molar-refractivity contribution in [2.45, 2.75) is 51.6 Å². The second-order valence-corrected chi connectivity index (χ2v) is 9.26. The molecule has 0 amide bonds. The van der Waals surface area contributed by atoms with Crippen molar-refractivity contribution in [1.29, 1.82) is 0 Å². The van der Waals surface area contributed by atoms with E-state index < -0.39 is 10.9 Å². The Hall–Kier alpha value is -2.73. The van der Waals surface area contributed by atoms with Crippen molar-refractivity contribution in [2.24, 2.45) is 5.41 Å². The molecule has 1 aliphatic carbocycles. The molecule has 6 nitrogen and oxygen atoms in total. The molecule has 0 heterocycles. The smallest absolute Gasteiger partial charge is 0.338 e. The van der Waals surface area contributed by atoms with Crippen LogP contribution in [-0.2, 0) is 4.74 Å². The van der Waals surface area contributed by atoms with Crippen LogP contribution in [-0.4, -0.2) is 31.5 Å². The van der Waals surface area contributed by atoms with Gasteiger partial charge in [-0.15, -0.1) is 0 Å². The highest BCUT2D eigenvalue weighted by molar-refractivity contribution is 5.89. The average Bonchev–Trinajstić information content (AvgIpc) is 2.73. The number of nitro benzene ring substituents is 1. The number of carbonyl (C=O) groups is 1. The first-order chi connectivity index (χ1) is 14.8. The maximum Gasteiger partial charge on any atom is 0.338 e. The molecule has 6 heteroatoms. The van der Waals surface area contributed by atoms with Crippen LogP contribution in [0.4, 0.5) is 5.69 Å². The van der Waals surface area contributed by atoms with Crippen LogP contribution in [0.2, 0.25) is 0 Å². The number of esters is 1. The SMILES string of the molecule is Cc1cccc([C@H](CC2(C[NH+](C)C)CCCCC2)OC(=O)c2ccc([N+](=O)[O-])cc2)c1. The minimum absolute atomic E-state index is 0.0399. The van der Waals surface area contributed by atoms with E-state index in [2.05, 4.69) is 20.2 Å². The zero-order chi connectivity index (χ0) is 22.4. The summed E-state index contributed by atoms with van der Waals surface area (Å²) in [5.74, 6) is -0.440. The third-order valence-corrected chi connectivity index (χ3v) is 6.24. The fraction of sp³-hybridized carbons (Fsp3) is 0.480.